The number of nitrogens with zero attached hydrogens (tertiary/aromatic N) is 3. The number of benzene rings is 2. The minimum atomic E-state index is -0.967. The lowest BCUT2D eigenvalue weighted by atomic mass is 10.1. The molecule has 0 amide bonds. The summed E-state index contributed by atoms with van der Waals surface area (Å²) < 4.78 is 1.63. The van der Waals surface area contributed by atoms with Crippen LogP contribution < -0.4 is 0 Å². The van der Waals surface area contributed by atoms with Gasteiger partial charge in [-0.05, 0) is 17.7 Å². The maximum atomic E-state index is 11.2. The Morgan fingerprint density at radius 3 is 2.39 bits per heavy atom. The minimum absolute atomic E-state index is 0.226. The molecule has 6 heteroatoms. The Balaban J connectivity index is 1.96. The fourth-order valence-corrected chi connectivity index (χ4v) is 2.34. The molecule has 0 saturated carbocycles. The van der Waals surface area contributed by atoms with E-state index in [1.807, 2.05) is 30.3 Å². The molecule has 1 aromatic heterocycles. The topological polar surface area (TPSA) is 85.1 Å². The average Bonchev–Trinajstić information content (AvgIpc) is 2.99. The van der Waals surface area contributed by atoms with Crippen LogP contribution in [0.1, 0.15) is 26.4 Å². The first-order chi connectivity index (χ1) is 11.2. The highest BCUT2D eigenvalue weighted by molar-refractivity contribution is 5.87. The van der Waals surface area contributed by atoms with Crippen molar-refractivity contribution in [2.24, 2.45) is 0 Å². The Bertz CT molecular complexity index is 839. The Morgan fingerprint density at radius 1 is 1.09 bits per heavy atom. The van der Waals surface area contributed by atoms with Gasteiger partial charge in [0.15, 0.2) is 12.0 Å². The van der Waals surface area contributed by atoms with Crippen LogP contribution in [0.15, 0.2) is 54.6 Å². The van der Waals surface area contributed by atoms with Crippen LogP contribution in [0.4, 0.5) is 0 Å². The van der Waals surface area contributed by atoms with Crippen molar-refractivity contribution in [3.8, 4) is 11.3 Å². The molecule has 114 valence electrons. The van der Waals surface area contributed by atoms with Crippen LogP contribution >= 0.6 is 0 Å². The largest absolute Gasteiger partial charge is 0.478 e. The summed E-state index contributed by atoms with van der Waals surface area (Å²) in [4.78, 5) is 22.1. The van der Waals surface area contributed by atoms with Crippen LogP contribution in [0.2, 0.25) is 0 Å². The first kappa shape index (κ1) is 14.6. The molecule has 6 nitrogen and oxygen atoms in total. The quantitative estimate of drug-likeness (QED) is 0.732. The summed E-state index contributed by atoms with van der Waals surface area (Å²) in [5, 5.41) is 16.9. The van der Waals surface area contributed by atoms with Crippen LogP contribution in [0.25, 0.3) is 11.3 Å². The second-order valence-electron chi connectivity index (χ2n) is 4.97. The van der Waals surface area contributed by atoms with Crippen LogP contribution in [0, 0.1) is 0 Å². The number of carbonyl (C=O) groups excluding carboxylic acids is 1. The number of carbonyl (C=O) groups is 2. The van der Waals surface area contributed by atoms with Crippen molar-refractivity contribution in [3.63, 3.8) is 0 Å². The van der Waals surface area contributed by atoms with Gasteiger partial charge in [0, 0.05) is 5.56 Å². The van der Waals surface area contributed by atoms with E-state index in [4.69, 9.17) is 5.11 Å². The van der Waals surface area contributed by atoms with Gasteiger partial charge in [-0.1, -0.05) is 47.7 Å². The number of aromatic nitrogens is 3. The van der Waals surface area contributed by atoms with Gasteiger partial charge in [-0.2, -0.15) is 0 Å². The Kier molecular flexibility index (Phi) is 3.97. The van der Waals surface area contributed by atoms with Crippen molar-refractivity contribution in [2.45, 2.75) is 6.54 Å². The van der Waals surface area contributed by atoms with Crippen molar-refractivity contribution >= 4 is 12.3 Å². The molecule has 2 aromatic carbocycles. The minimum Gasteiger partial charge on any atom is -0.478 e. The van der Waals surface area contributed by atoms with E-state index in [2.05, 4.69) is 10.3 Å². The molecule has 0 fully saturated rings. The molecule has 0 radical (unpaired) electrons. The average molecular weight is 307 g/mol. The van der Waals surface area contributed by atoms with Gasteiger partial charge in [-0.15, -0.1) is 5.10 Å². The molecule has 3 rings (SSSR count). The molecule has 23 heavy (non-hydrogen) atoms. The first-order valence-corrected chi connectivity index (χ1v) is 6.95. The van der Waals surface area contributed by atoms with E-state index in [0.29, 0.717) is 18.5 Å². The fraction of sp³-hybridized carbons (Fsp3) is 0.0588. The van der Waals surface area contributed by atoms with Crippen molar-refractivity contribution < 1.29 is 14.7 Å². The number of hydrogen-bond acceptors (Lipinski definition) is 4. The molecule has 1 N–H and O–H groups in total. The molecule has 0 aliphatic heterocycles. The second-order valence-corrected chi connectivity index (χ2v) is 4.97. The monoisotopic (exact) mass is 307 g/mol. The number of aromatic carboxylic acids is 1. The van der Waals surface area contributed by atoms with E-state index in [0.717, 1.165) is 11.1 Å². The van der Waals surface area contributed by atoms with Crippen molar-refractivity contribution in [3.05, 3.63) is 71.4 Å². The lowest BCUT2D eigenvalue weighted by Gasteiger charge is -2.07. The van der Waals surface area contributed by atoms with E-state index in [-0.39, 0.29) is 11.3 Å². The van der Waals surface area contributed by atoms with E-state index in [1.54, 1.807) is 16.8 Å². The van der Waals surface area contributed by atoms with Gasteiger partial charge in [-0.3, -0.25) is 4.79 Å². The zero-order valence-corrected chi connectivity index (χ0v) is 12.1. The normalized spacial score (nSPS) is 10.4. The van der Waals surface area contributed by atoms with Gasteiger partial charge in [0.1, 0.15) is 0 Å². The van der Waals surface area contributed by atoms with Crippen molar-refractivity contribution in [1.29, 1.82) is 0 Å². The lowest BCUT2D eigenvalue weighted by molar-refractivity contribution is 0.0696. The Hall–Kier alpha value is -3.28. The molecular weight excluding hydrogens is 294 g/mol. The highest BCUT2D eigenvalue weighted by Crippen LogP contribution is 2.22. The summed E-state index contributed by atoms with van der Waals surface area (Å²) in [7, 11) is 0. The molecule has 0 aliphatic rings. The molecule has 0 atom stereocenters. The summed E-state index contributed by atoms with van der Waals surface area (Å²) in [5.74, 6) is -0.967. The van der Waals surface area contributed by atoms with Crippen molar-refractivity contribution in [2.75, 3.05) is 0 Å². The van der Waals surface area contributed by atoms with Crippen LogP contribution in [-0.2, 0) is 6.54 Å². The van der Waals surface area contributed by atoms with Gasteiger partial charge in [0.25, 0.3) is 0 Å². The zero-order valence-electron chi connectivity index (χ0n) is 12.1. The van der Waals surface area contributed by atoms with Gasteiger partial charge in [0.2, 0.25) is 0 Å². The van der Waals surface area contributed by atoms with Crippen molar-refractivity contribution in [1.82, 2.24) is 15.0 Å². The fourth-order valence-electron chi connectivity index (χ4n) is 2.34. The number of hydrogen-bond donors (Lipinski definition) is 1. The molecule has 3 aromatic rings. The van der Waals surface area contributed by atoms with Gasteiger partial charge < -0.3 is 5.11 Å². The van der Waals surface area contributed by atoms with E-state index in [1.165, 1.54) is 12.1 Å². The van der Waals surface area contributed by atoms with Crippen LogP contribution in [-0.4, -0.2) is 32.4 Å². The SMILES string of the molecule is O=Cc1nnn(Cc2ccc(C(=O)O)cc2)c1-c1ccccc1. The molecule has 0 aliphatic carbocycles. The maximum absolute atomic E-state index is 11.2. The van der Waals surface area contributed by atoms with E-state index >= 15 is 0 Å². The van der Waals surface area contributed by atoms with E-state index < -0.39 is 5.97 Å². The molecule has 0 bridgehead atoms. The molecule has 1 heterocycles. The van der Waals surface area contributed by atoms with Gasteiger partial charge >= 0.3 is 5.97 Å². The predicted octanol–water partition coefficient (Wildman–Crippen LogP) is 2.50. The van der Waals surface area contributed by atoms with Gasteiger partial charge in [-0.25, -0.2) is 9.48 Å². The lowest BCUT2D eigenvalue weighted by Crippen LogP contribution is -2.05. The Morgan fingerprint density at radius 2 is 1.78 bits per heavy atom. The highest BCUT2D eigenvalue weighted by atomic mass is 16.4. The smallest absolute Gasteiger partial charge is 0.335 e. The maximum Gasteiger partial charge on any atom is 0.335 e. The molecular formula is C17H13N3O3. The van der Waals surface area contributed by atoms with Gasteiger partial charge in [0.05, 0.1) is 17.8 Å². The summed E-state index contributed by atoms with van der Waals surface area (Å²) in [6, 6.07) is 15.9. The third-order valence-corrected chi connectivity index (χ3v) is 3.45. The standard InChI is InChI=1S/C17H13N3O3/c21-11-15-16(13-4-2-1-3-5-13)20(19-18-15)10-12-6-8-14(9-7-12)17(22)23/h1-9,11H,10H2,(H,22,23). The molecule has 0 unspecified atom stereocenters. The first-order valence-electron chi connectivity index (χ1n) is 6.95. The van der Waals surface area contributed by atoms with E-state index in [9.17, 15) is 9.59 Å². The third kappa shape index (κ3) is 3.01. The van der Waals surface area contributed by atoms with Crippen LogP contribution in [0.5, 0.6) is 0 Å². The summed E-state index contributed by atoms with van der Waals surface area (Å²) in [6.07, 6.45) is 0.680. The zero-order chi connectivity index (χ0) is 16.2. The number of rotatable bonds is 5. The summed E-state index contributed by atoms with van der Waals surface area (Å²) in [6.45, 7) is 0.394. The molecule has 0 saturated heterocycles. The predicted molar refractivity (Wildman–Crippen MR) is 83.3 cm³/mol. The number of carboxylic acids is 1. The number of aldehydes is 1. The highest BCUT2D eigenvalue weighted by Gasteiger charge is 2.14. The number of carboxylic acid groups (broad SMARTS) is 1. The summed E-state index contributed by atoms with van der Waals surface area (Å²) >= 11 is 0. The van der Waals surface area contributed by atoms with Crippen LogP contribution in [0.3, 0.4) is 0 Å². The second kappa shape index (κ2) is 6.23. The summed E-state index contributed by atoms with van der Waals surface area (Å²) in [5.41, 5.74) is 2.86. The molecule has 0 spiro atoms. The third-order valence-electron chi connectivity index (χ3n) is 3.45. The Labute approximate surface area is 132 Å².